The van der Waals surface area contributed by atoms with E-state index in [4.69, 9.17) is 31.8 Å². The number of imide groups is 2. The largest absolute Gasteiger partial charge is 0.481 e. The summed E-state index contributed by atoms with van der Waals surface area (Å²) >= 11 is 0. The average Bonchev–Trinajstić information content (AvgIpc) is 4.19. The second-order valence-corrected chi connectivity index (χ2v) is 18.8. The van der Waals surface area contributed by atoms with Crippen molar-refractivity contribution in [3.8, 4) is 36.2 Å². The summed E-state index contributed by atoms with van der Waals surface area (Å²) in [6.07, 6.45) is 8.35. The van der Waals surface area contributed by atoms with Crippen molar-refractivity contribution in [3.63, 3.8) is 0 Å². The van der Waals surface area contributed by atoms with Crippen molar-refractivity contribution in [2.45, 2.75) is 24.5 Å². The molecule has 2 fully saturated rings. The van der Waals surface area contributed by atoms with Crippen LogP contribution in [0, 0.1) is 24.7 Å². The maximum Gasteiger partial charge on any atom is 0.338 e. The summed E-state index contributed by atoms with van der Waals surface area (Å²) in [5.41, 5.74) is 0.423. The number of hydrogen-bond acceptors (Lipinski definition) is 14. The number of aliphatic hydroxyl groups excluding tert-OH is 2. The van der Waals surface area contributed by atoms with Crippen molar-refractivity contribution in [1.82, 2.24) is 19.6 Å². The number of urea groups is 2. The fourth-order valence-electron chi connectivity index (χ4n) is 10.3. The van der Waals surface area contributed by atoms with E-state index in [9.17, 15) is 48.6 Å². The number of carbonyl (C=O) groups is 8. The lowest BCUT2D eigenvalue weighted by atomic mass is 10.1. The maximum atomic E-state index is 14.4. The molecule has 402 valence electrons. The molecule has 4 aliphatic rings. The molecule has 4 aliphatic heterocycles. The molecule has 20 nitrogen and oxygen atoms in total. The molecule has 0 aliphatic carbocycles. The molecule has 0 spiro atoms. The molecule has 2 N–H and O–H groups in total. The summed E-state index contributed by atoms with van der Waals surface area (Å²) < 4.78 is 22.0. The number of β-amino-alcohol motifs (C(OH)–C–C–N with tert-alkyl or cyclic N) is 2. The maximum absolute atomic E-state index is 14.4. The topological polar surface area (TPSA) is 233 Å². The number of aliphatic hydroxyl groups is 2. The third-order valence-electron chi connectivity index (χ3n) is 13.8. The molecule has 4 heterocycles. The molecule has 2 saturated heterocycles. The van der Waals surface area contributed by atoms with Crippen molar-refractivity contribution in [3.05, 3.63) is 168 Å². The number of anilines is 2. The van der Waals surface area contributed by atoms with Gasteiger partial charge in [0.1, 0.15) is 62.5 Å². The van der Waals surface area contributed by atoms with Gasteiger partial charge in [-0.3, -0.25) is 38.8 Å². The molecular weight excluding hydrogens is 1030 g/mol. The first-order valence-electron chi connectivity index (χ1n) is 25.0. The molecule has 8 amide bonds. The van der Waals surface area contributed by atoms with E-state index in [1.54, 1.807) is 72.8 Å². The number of esters is 2. The van der Waals surface area contributed by atoms with Crippen LogP contribution in [-0.4, -0.2) is 155 Å². The van der Waals surface area contributed by atoms with E-state index in [-0.39, 0.29) is 59.7 Å². The van der Waals surface area contributed by atoms with E-state index in [2.05, 4.69) is 25.0 Å². The van der Waals surface area contributed by atoms with E-state index < -0.39 is 98.5 Å². The molecule has 20 heteroatoms. The Balaban J connectivity index is 0.792. The minimum absolute atomic E-state index is 0.0321. The molecule has 6 aromatic rings. The van der Waals surface area contributed by atoms with Gasteiger partial charge in [0.15, 0.2) is 0 Å². The fraction of sp³-hybridized carbons (Fsp3) is 0.200. The van der Waals surface area contributed by atoms with Crippen LogP contribution < -0.4 is 19.3 Å². The van der Waals surface area contributed by atoms with Gasteiger partial charge >= 0.3 is 24.0 Å². The Kier molecular flexibility index (Phi) is 14.6. The van der Waals surface area contributed by atoms with E-state index in [0.29, 0.717) is 44.4 Å². The van der Waals surface area contributed by atoms with Crippen LogP contribution in [0.4, 0.5) is 21.0 Å². The molecule has 0 bridgehead atoms. The molecular formula is C60H48N6O14. The Labute approximate surface area is 457 Å². The van der Waals surface area contributed by atoms with Gasteiger partial charge in [0, 0.05) is 23.9 Å². The first-order valence-corrected chi connectivity index (χ1v) is 25.0. The number of hydrogen-bond donors (Lipinski definition) is 2. The monoisotopic (exact) mass is 1080 g/mol. The Bertz CT molecular complexity index is 3500. The highest BCUT2D eigenvalue weighted by molar-refractivity contribution is 6.37. The molecule has 4 unspecified atom stereocenters. The SMILES string of the molecule is C#CCOc1ccc2c(N3C(=O)c4ccc(C(=O)OCC(O)CN5C(=O)N(CC(O)COC(=O)c6ccc7c(c6)C(=O)N(c6cccc8cc(OCC#C)ccc68)C7=O)C6C5N(CC=C)C(=O)N6CC=C)cc4C3=O)cccc2c1. The third-order valence-corrected chi connectivity index (χ3v) is 13.8. The summed E-state index contributed by atoms with van der Waals surface area (Å²) in [7, 11) is 0. The normalized spacial score (nSPS) is 17.1. The zero-order valence-electron chi connectivity index (χ0n) is 42.6. The lowest BCUT2D eigenvalue weighted by Crippen LogP contribution is -2.50. The molecule has 4 atom stereocenters. The highest BCUT2D eigenvalue weighted by Crippen LogP contribution is 2.39. The predicted molar refractivity (Wildman–Crippen MR) is 290 cm³/mol. The van der Waals surface area contributed by atoms with Crippen molar-refractivity contribution < 1.29 is 67.5 Å². The highest BCUT2D eigenvalue weighted by atomic mass is 16.5. The first-order chi connectivity index (χ1) is 38.7. The minimum Gasteiger partial charge on any atom is -0.481 e. The lowest BCUT2D eigenvalue weighted by molar-refractivity contribution is 0.0110. The number of fused-ring (bicyclic) bond motifs is 5. The van der Waals surface area contributed by atoms with E-state index >= 15 is 0 Å². The predicted octanol–water partition coefficient (Wildman–Crippen LogP) is 5.85. The number of terminal acetylenes is 2. The van der Waals surface area contributed by atoms with Crippen LogP contribution in [0.25, 0.3) is 21.5 Å². The van der Waals surface area contributed by atoms with Gasteiger partial charge in [0.2, 0.25) is 0 Å². The standard InChI is InChI=1S/C60H48N6O14/c1-5-23-61-51-52(62(24-6-2)59(61)75)64(32-40(68)34-80-58(74)38-16-20-46-48(30-38)56(72)66(54(46)70)50-14-10-12-36-28-42(78-26-8-4)18-22-44(36)50)60(76)63(51)31-39(67)33-79-57(73)37-15-19-45-47(29-37)55(71)65(53(45)69)49-13-9-11-35-27-41(77-25-7-3)17-21-43(35)49/h3-6,9-22,27-30,39-40,51-52,67-68H,1-2,23-26,31-34H2. The number of ether oxygens (including phenoxy) is 4. The summed E-state index contributed by atoms with van der Waals surface area (Å²) in [4.78, 5) is 117. The van der Waals surface area contributed by atoms with E-state index in [0.717, 1.165) is 9.80 Å². The number of rotatable bonds is 20. The highest BCUT2D eigenvalue weighted by Gasteiger charge is 2.59. The zero-order valence-corrected chi connectivity index (χ0v) is 42.6. The third kappa shape index (κ3) is 9.54. The van der Waals surface area contributed by atoms with Crippen molar-refractivity contribution in [2.75, 3.05) is 62.4 Å². The number of carbonyl (C=O) groups excluding carboxylic acids is 8. The Morgan fingerprint density at radius 2 is 0.938 bits per heavy atom. The second kappa shape index (κ2) is 22.0. The first kappa shape index (κ1) is 53.1. The molecule has 80 heavy (non-hydrogen) atoms. The number of amides is 8. The van der Waals surface area contributed by atoms with Gasteiger partial charge in [-0.25, -0.2) is 29.0 Å². The number of nitrogens with zero attached hydrogens (tertiary/aromatic N) is 6. The molecule has 10 rings (SSSR count). The molecule has 0 aromatic heterocycles. The van der Waals surface area contributed by atoms with Crippen molar-refractivity contribution in [2.24, 2.45) is 0 Å². The average molecular weight is 1080 g/mol. The van der Waals surface area contributed by atoms with E-state index in [1.165, 1.54) is 68.1 Å². The van der Waals surface area contributed by atoms with Gasteiger partial charge in [-0.05, 0) is 95.7 Å². The zero-order chi connectivity index (χ0) is 56.5. The van der Waals surface area contributed by atoms with Crippen LogP contribution in [-0.2, 0) is 9.47 Å². The van der Waals surface area contributed by atoms with Crippen LogP contribution in [0.2, 0.25) is 0 Å². The molecule has 0 saturated carbocycles. The van der Waals surface area contributed by atoms with Crippen LogP contribution in [0.15, 0.2) is 135 Å². The van der Waals surface area contributed by atoms with Gasteiger partial charge in [0.25, 0.3) is 23.6 Å². The summed E-state index contributed by atoms with van der Waals surface area (Å²) in [5, 5.41) is 25.3. The smallest absolute Gasteiger partial charge is 0.338 e. The van der Waals surface area contributed by atoms with E-state index in [1.807, 2.05) is 0 Å². The second-order valence-electron chi connectivity index (χ2n) is 18.8. The molecule has 0 radical (unpaired) electrons. The van der Waals surface area contributed by atoms with Gasteiger partial charge in [-0.2, -0.15) is 0 Å². The summed E-state index contributed by atoms with van der Waals surface area (Å²) in [5.74, 6) is 1.32. The Morgan fingerprint density at radius 1 is 0.537 bits per heavy atom. The van der Waals surface area contributed by atoms with Crippen LogP contribution in [0.5, 0.6) is 11.5 Å². The number of benzene rings is 6. The van der Waals surface area contributed by atoms with Crippen LogP contribution in [0.1, 0.15) is 62.1 Å². The lowest BCUT2D eigenvalue weighted by Gasteiger charge is -2.30. The van der Waals surface area contributed by atoms with Gasteiger partial charge in [-0.15, -0.1) is 26.0 Å². The quantitative estimate of drug-likeness (QED) is 0.0395. The van der Waals surface area contributed by atoms with Crippen LogP contribution in [0.3, 0.4) is 0 Å². The summed E-state index contributed by atoms with van der Waals surface area (Å²) in [6, 6.07) is 26.9. The van der Waals surface area contributed by atoms with Crippen LogP contribution >= 0.6 is 0 Å². The van der Waals surface area contributed by atoms with Crippen molar-refractivity contribution in [1.29, 1.82) is 0 Å². The summed E-state index contributed by atoms with van der Waals surface area (Å²) in [6.45, 7) is 5.28. The van der Waals surface area contributed by atoms with Crippen molar-refractivity contribution >= 4 is 80.5 Å². The van der Waals surface area contributed by atoms with Gasteiger partial charge in [0.05, 0.1) is 57.8 Å². The van der Waals surface area contributed by atoms with Gasteiger partial charge in [-0.1, -0.05) is 48.3 Å². The minimum atomic E-state index is -1.54. The fourth-order valence-corrected chi connectivity index (χ4v) is 10.3. The Hall–Kier alpha value is -10.3. The molecule has 6 aromatic carbocycles. The Morgan fingerprint density at radius 3 is 1.34 bits per heavy atom. The van der Waals surface area contributed by atoms with Gasteiger partial charge < -0.3 is 29.2 Å².